The molecule has 3 aliphatic carbocycles. The van der Waals surface area contributed by atoms with Gasteiger partial charge >= 0.3 is 67.9 Å². The van der Waals surface area contributed by atoms with Gasteiger partial charge in [-0.1, -0.05) is 72.8 Å². The molecule has 3 aromatic rings. The van der Waals surface area contributed by atoms with Crippen LogP contribution in [0.1, 0.15) is 47.8 Å². The zero-order valence-corrected chi connectivity index (χ0v) is 27.9. The standard InChI is InChI=1S/3C11H7F3O2.Eu.2H2O/c3*12-11(13,14)10(16)8-5-6-3-1-2-4-7(6)9(8)15;;;/h3*1-4,16H,5H2;;2*1H2/q;;;+3;;/p-1/b3*10-8-;;;. The van der Waals surface area contributed by atoms with E-state index in [1.54, 1.807) is 54.6 Å². The van der Waals surface area contributed by atoms with Crippen LogP contribution in [-0.2, 0) is 30.2 Å². The monoisotopic (exact) mass is 872 g/mol. The van der Waals surface area contributed by atoms with Gasteiger partial charge in [0.05, 0.1) is 0 Å². The Morgan fingerprint density at radius 3 is 0.804 bits per heavy atom. The molecule has 0 radical (unpaired) electrons. The topological polar surface area (TPSA) is 186 Å². The van der Waals surface area contributed by atoms with E-state index in [4.69, 9.17) is 0 Å². The van der Waals surface area contributed by atoms with Crippen molar-refractivity contribution < 1.29 is 130 Å². The average molecular weight is 871 g/mol. The second kappa shape index (κ2) is 17.1. The summed E-state index contributed by atoms with van der Waals surface area (Å²) in [4.78, 5) is 34.6. The summed E-state index contributed by atoms with van der Waals surface area (Å²) < 4.78 is 110. The second-order valence-corrected chi connectivity index (χ2v) is 10.4. The van der Waals surface area contributed by atoms with Crippen molar-refractivity contribution >= 4 is 17.3 Å². The van der Waals surface area contributed by atoms with Crippen molar-refractivity contribution in [2.45, 2.75) is 37.8 Å². The summed E-state index contributed by atoms with van der Waals surface area (Å²) in [6, 6.07) is 18.4. The van der Waals surface area contributed by atoms with Gasteiger partial charge in [-0.25, -0.2) is 0 Å². The fraction of sp³-hybridized carbons (Fsp3) is 0.182. The summed E-state index contributed by atoms with van der Waals surface area (Å²) in [7, 11) is 0. The van der Waals surface area contributed by atoms with Crippen LogP contribution in [0.3, 0.4) is 0 Å². The molecule has 3 aromatic carbocycles. The van der Waals surface area contributed by atoms with Gasteiger partial charge in [-0.05, 0) is 34.0 Å². The summed E-state index contributed by atoms with van der Waals surface area (Å²) in [5.41, 5.74) is -0.0725. The van der Waals surface area contributed by atoms with E-state index in [0.29, 0.717) is 16.7 Å². The molecule has 0 aromatic heterocycles. The molecule has 0 unspecified atom stereocenters. The molecule has 272 valence electrons. The third-order valence-corrected chi connectivity index (χ3v) is 7.30. The molecule has 0 spiro atoms. The number of ketones is 3. The normalized spacial score (nSPS) is 17.5. The van der Waals surface area contributed by atoms with Crippen LogP contribution in [0.25, 0.3) is 0 Å². The number of carbonyl (C=O) groups is 3. The average Bonchev–Trinajstić information content (AvgIpc) is 3.66. The van der Waals surface area contributed by atoms with Crippen molar-refractivity contribution in [2.24, 2.45) is 0 Å². The fourth-order valence-corrected chi connectivity index (χ4v) is 5.05. The van der Waals surface area contributed by atoms with Crippen LogP contribution < -0.4 is 15.3 Å². The number of alkyl halides is 9. The number of benzene rings is 3. The first-order chi connectivity index (χ1) is 22.2. The number of hydrogen-bond acceptors (Lipinski definition) is 6. The molecule has 0 saturated carbocycles. The van der Waals surface area contributed by atoms with Gasteiger partial charge in [0.2, 0.25) is 0 Å². The molecule has 0 amide bonds. The Bertz CT molecular complexity index is 1690. The van der Waals surface area contributed by atoms with Crippen LogP contribution >= 0.6 is 0 Å². The molecule has 6 N–H and O–H groups in total. The van der Waals surface area contributed by atoms with Gasteiger partial charge in [0.25, 0.3) is 0 Å². The molecule has 18 heteroatoms. The number of rotatable bonds is 0. The number of carbonyl (C=O) groups excluding carboxylic acids is 3. The summed E-state index contributed by atoms with van der Waals surface area (Å²) in [6.45, 7) is 0. The Hall–Kier alpha value is -3.84. The van der Waals surface area contributed by atoms with E-state index in [2.05, 4.69) is 0 Å². The zero-order valence-electron chi connectivity index (χ0n) is 25.4. The molecule has 8 nitrogen and oxygen atoms in total. The summed E-state index contributed by atoms with van der Waals surface area (Å²) in [5, 5.41) is 32.9. The third kappa shape index (κ3) is 9.94. The predicted molar refractivity (Wildman–Crippen MR) is 152 cm³/mol. The first-order valence-corrected chi connectivity index (χ1v) is 13.5. The molecule has 0 saturated heterocycles. The van der Waals surface area contributed by atoms with Crippen LogP contribution in [0.5, 0.6) is 0 Å². The summed E-state index contributed by atoms with van der Waals surface area (Å²) in [6.07, 6.45) is -15.6. The molecule has 0 bridgehead atoms. The molecule has 0 fully saturated rings. The number of fused-ring (bicyclic) bond motifs is 3. The summed E-state index contributed by atoms with van der Waals surface area (Å²) >= 11 is 0. The molecule has 3 aliphatic rings. The van der Waals surface area contributed by atoms with Crippen molar-refractivity contribution in [2.75, 3.05) is 0 Å². The number of hydrogen-bond donors (Lipinski definition) is 0. The second-order valence-electron chi connectivity index (χ2n) is 10.4. The largest absolute Gasteiger partial charge is 3.00 e. The Kier molecular flexibility index (Phi) is 15.2. The van der Waals surface area contributed by atoms with Crippen LogP contribution in [0.15, 0.2) is 107 Å². The first-order valence-electron chi connectivity index (χ1n) is 13.5. The maximum Gasteiger partial charge on any atom is 3.00 e. The van der Waals surface area contributed by atoms with Gasteiger partial charge in [-0.2, -0.15) is 39.5 Å². The number of halogens is 9. The van der Waals surface area contributed by atoms with Gasteiger partial charge in [0.1, 0.15) is 0 Å². The Morgan fingerprint density at radius 1 is 0.431 bits per heavy atom. The van der Waals surface area contributed by atoms with Gasteiger partial charge in [-0.15, -0.1) is 0 Å². The van der Waals surface area contributed by atoms with E-state index in [1.807, 2.05) is 0 Å². The SMILES string of the molecule is O=C1/C(=C(\[O-])C(F)(F)F)Cc2ccccc21.O=C1/C(=C(\[O-])C(F)(F)F)Cc2ccccc21.O=C1/C(=C(\[O-])C(F)(F)F)Cc2ccccc21.[Eu+3].[OH3+].[OH3+]. The minimum absolute atomic E-state index is 0. The molecule has 0 atom stereocenters. The molecule has 0 heterocycles. The van der Waals surface area contributed by atoms with Crippen LogP contribution in [-0.4, -0.2) is 35.9 Å². The fourth-order valence-electron chi connectivity index (χ4n) is 5.05. The molecule has 51 heavy (non-hydrogen) atoms. The number of Topliss-reactive ketones (excluding diaryl/α,β-unsaturated/α-hetero) is 3. The molecule has 6 rings (SSSR count). The van der Waals surface area contributed by atoms with Crippen LogP contribution in [0.2, 0.25) is 0 Å². The van der Waals surface area contributed by atoms with Gasteiger partial charge in [0, 0.05) is 52.7 Å². The Labute approximate surface area is 322 Å². The van der Waals surface area contributed by atoms with E-state index in [-0.39, 0.29) is 96.3 Å². The van der Waals surface area contributed by atoms with Gasteiger partial charge < -0.3 is 26.3 Å². The van der Waals surface area contributed by atoms with Crippen molar-refractivity contribution in [3.8, 4) is 0 Å². The summed E-state index contributed by atoms with van der Waals surface area (Å²) in [5.74, 6) is -8.52. The van der Waals surface area contributed by atoms with E-state index in [0.717, 1.165) is 0 Å². The zero-order chi connectivity index (χ0) is 35.8. The van der Waals surface area contributed by atoms with Gasteiger partial charge in [-0.3, -0.25) is 14.4 Å². The van der Waals surface area contributed by atoms with Crippen molar-refractivity contribution in [3.63, 3.8) is 0 Å². The van der Waals surface area contributed by atoms with Crippen LogP contribution in [0, 0.1) is 49.4 Å². The Morgan fingerprint density at radius 2 is 0.627 bits per heavy atom. The predicted octanol–water partition coefficient (Wildman–Crippen LogP) is 2.96. The first kappa shape index (κ1) is 45.2. The third-order valence-electron chi connectivity index (χ3n) is 7.30. The van der Waals surface area contributed by atoms with Gasteiger partial charge in [0.15, 0.2) is 17.3 Å². The smallest absolute Gasteiger partial charge is 0.869 e. The van der Waals surface area contributed by atoms with E-state index >= 15 is 0 Å². The molecule has 0 aliphatic heterocycles. The van der Waals surface area contributed by atoms with E-state index in [9.17, 15) is 69.2 Å². The Balaban J connectivity index is 0.000000372. The maximum atomic E-state index is 12.2. The minimum atomic E-state index is -4.98. The maximum absolute atomic E-state index is 12.2. The number of allylic oxidation sites excluding steroid dienone is 6. The van der Waals surface area contributed by atoms with Crippen molar-refractivity contribution in [3.05, 3.63) is 140 Å². The molecular formula is C33H24EuF9O8+2. The van der Waals surface area contributed by atoms with E-state index in [1.165, 1.54) is 18.2 Å². The van der Waals surface area contributed by atoms with Crippen molar-refractivity contribution in [1.29, 1.82) is 0 Å². The van der Waals surface area contributed by atoms with Crippen molar-refractivity contribution in [1.82, 2.24) is 0 Å². The van der Waals surface area contributed by atoms with Crippen LogP contribution in [0.4, 0.5) is 39.5 Å². The molecular weight excluding hydrogens is 847 g/mol. The minimum Gasteiger partial charge on any atom is -0.869 e. The quantitative estimate of drug-likeness (QED) is 0.145. The van der Waals surface area contributed by atoms with E-state index < -0.39 is 69.9 Å².